The molecule has 2 aromatic carbocycles. The monoisotopic (exact) mass is 270 g/mol. The second-order valence-corrected chi connectivity index (χ2v) is 4.30. The quantitative estimate of drug-likeness (QED) is 0.669. The highest BCUT2D eigenvalue weighted by Gasteiger charge is 2.31. The molecule has 0 saturated heterocycles. The average molecular weight is 270 g/mol. The summed E-state index contributed by atoms with van der Waals surface area (Å²) in [6.45, 7) is 0.275. The molecular formula is C15H14N2O3. The summed E-state index contributed by atoms with van der Waals surface area (Å²) in [6.07, 6.45) is 0. The second kappa shape index (κ2) is 6.47. The number of benzene rings is 2. The Kier molecular flexibility index (Phi) is 4.44. The van der Waals surface area contributed by atoms with E-state index in [-0.39, 0.29) is 6.54 Å². The first kappa shape index (κ1) is 13.7. The van der Waals surface area contributed by atoms with E-state index in [0.29, 0.717) is 5.56 Å². The van der Waals surface area contributed by atoms with Gasteiger partial charge in [0.1, 0.15) is 0 Å². The minimum absolute atomic E-state index is 0.275. The molecule has 0 saturated carbocycles. The summed E-state index contributed by atoms with van der Waals surface area (Å²) < 4.78 is 0. The third-order valence-corrected chi connectivity index (χ3v) is 2.88. The summed E-state index contributed by atoms with van der Waals surface area (Å²) >= 11 is 0. The van der Waals surface area contributed by atoms with Crippen LogP contribution in [-0.4, -0.2) is 10.8 Å². The molecule has 2 rings (SSSR count). The Bertz CT molecular complexity index is 585. The van der Waals surface area contributed by atoms with E-state index >= 15 is 0 Å². The minimum atomic E-state index is -1.38. The molecule has 0 heterocycles. The van der Waals surface area contributed by atoms with Gasteiger partial charge in [-0.3, -0.25) is 14.9 Å². The van der Waals surface area contributed by atoms with Gasteiger partial charge in [0, 0.05) is 17.0 Å². The van der Waals surface area contributed by atoms with E-state index in [2.05, 4.69) is 5.32 Å². The number of nitro groups is 1. The van der Waals surface area contributed by atoms with Crippen molar-refractivity contribution in [1.82, 2.24) is 5.32 Å². The lowest BCUT2D eigenvalue weighted by atomic mass is 10.1. The smallest absolute Gasteiger partial charge is 0.314 e. The number of hydrogen-bond donors (Lipinski definition) is 1. The van der Waals surface area contributed by atoms with Crippen molar-refractivity contribution < 1.29 is 9.72 Å². The molecule has 1 unspecified atom stereocenters. The predicted molar refractivity (Wildman–Crippen MR) is 74.5 cm³/mol. The lowest BCUT2D eigenvalue weighted by Crippen LogP contribution is -2.33. The van der Waals surface area contributed by atoms with Crippen molar-refractivity contribution in [3.8, 4) is 0 Å². The molecule has 0 aliphatic rings. The molecule has 0 fully saturated rings. The van der Waals surface area contributed by atoms with Gasteiger partial charge < -0.3 is 5.32 Å². The average Bonchev–Trinajstić information content (AvgIpc) is 2.47. The van der Waals surface area contributed by atoms with Crippen LogP contribution in [0.1, 0.15) is 17.2 Å². The maximum Gasteiger partial charge on any atom is 0.314 e. The van der Waals surface area contributed by atoms with Gasteiger partial charge in [0.15, 0.2) is 0 Å². The van der Waals surface area contributed by atoms with E-state index in [0.717, 1.165) is 5.56 Å². The number of nitrogens with zero attached hydrogens (tertiary/aromatic N) is 1. The maximum absolute atomic E-state index is 12.0. The Labute approximate surface area is 116 Å². The number of amides is 1. The summed E-state index contributed by atoms with van der Waals surface area (Å²) in [5, 5.41) is 13.7. The Morgan fingerprint density at radius 2 is 1.60 bits per heavy atom. The van der Waals surface area contributed by atoms with Crippen LogP contribution in [0, 0.1) is 10.1 Å². The lowest BCUT2D eigenvalue weighted by Gasteiger charge is -2.10. The molecule has 5 nitrogen and oxygen atoms in total. The molecule has 1 amide bonds. The van der Waals surface area contributed by atoms with Gasteiger partial charge >= 0.3 is 6.04 Å². The standard InChI is InChI=1S/C15H14N2O3/c18-15(16-11-12-7-3-1-4-8-12)14(17(19)20)13-9-5-2-6-10-13/h1-10,14H,11H2,(H,16,18). The number of rotatable bonds is 5. The summed E-state index contributed by atoms with van der Waals surface area (Å²) in [7, 11) is 0. The van der Waals surface area contributed by atoms with Gasteiger partial charge in [-0.2, -0.15) is 0 Å². The van der Waals surface area contributed by atoms with Gasteiger partial charge in [0.05, 0.1) is 0 Å². The van der Waals surface area contributed by atoms with Gasteiger partial charge in [0.2, 0.25) is 0 Å². The molecule has 2 aromatic rings. The molecule has 0 bridgehead atoms. The first-order valence-electron chi connectivity index (χ1n) is 6.18. The van der Waals surface area contributed by atoms with Crippen LogP contribution in [0.2, 0.25) is 0 Å². The number of hydrogen-bond acceptors (Lipinski definition) is 3. The van der Waals surface area contributed by atoms with Gasteiger partial charge in [-0.05, 0) is 5.56 Å². The zero-order valence-electron chi connectivity index (χ0n) is 10.7. The molecule has 0 aliphatic heterocycles. The summed E-state index contributed by atoms with van der Waals surface area (Å²) in [5.74, 6) is -0.606. The van der Waals surface area contributed by atoms with Crippen molar-refractivity contribution in [2.24, 2.45) is 0 Å². The van der Waals surface area contributed by atoms with Gasteiger partial charge in [-0.25, -0.2) is 0 Å². The van der Waals surface area contributed by atoms with Gasteiger partial charge in [-0.15, -0.1) is 0 Å². The normalized spacial score (nSPS) is 11.6. The van der Waals surface area contributed by atoms with Crippen LogP contribution in [0.3, 0.4) is 0 Å². The molecule has 20 heavy (non-hydrogen) atoms. The largest absolute Gasteiger partial charge is 0.346 e. The highest BCUT2D eigenvalue weighted by molar-refractivity contribution is 5.81. The summed E-state index contributed by atoms with van der Waals surface area (Å²) in [6, 6.07) is 16.2. The van der Waals surface area contributed by atoms with Crippen LogP contribution in [0.5, 0.6) is 0 Å². The van der Waals surface area contributed by atoms with E-state index in [9.17, 15) is 14.9 Å². The van der Waals surface area contributed by atoms with Crippen LogP contribution in [0.4, 0.5) is 0 Å². The van der Waals surface area contributed by atoms with E-state index in [1.54, 1.807) is 30.3 Å². The van der Waals surface area contributed by atoms with Crippen molar-refractivity contribution in [2.45, 2.75) is 12.6 Å². The van der Waals surface area contributed by atoms with E-state index in [1.165, 1.54) is 0 Å². The molecule has 0 aliphatic carbocycles. The Morgan fingerprint density at radius 1 is 1.05 bits per heavy atom. The third-order valence-electron chi connectivity index (χ3n) is 2.88. The van der Waals surface area contributed by atoms with Crippen molar-refractivity contribution >= 4 is 5.91 Å². The van der Waals surface area contributed by atoms with Crippen LogP contribution in [-0.2, 0) is 11.3 Å². The van der Waals surface area contributed by atoms with Crippen molar-refractivity contribution in [1.29, 1.82) is 0 Å². The van der Waals surface area contributed by atoms with Crippen LogP contribution < -0.4 is 5.32 Å². The fraction of sp³-hybridized carbons (Fsp3) is 0.133. The highest BCUT2D eigenvalue weighted by atomic mass is 16.6. The zero-order chi connectivity index (χ0) is 14.4. The van der Waals surface area contributed by atoms with Crippen LogP contribution in [0.25, 0.3) is 0 Å². The summed E-state index contributed by atoms with van der Waals surface area (Å²) in [5.41, 5.74) is 1.28. The van der Waals surface area contributed by atoms with Crippen molar-refractivity contribution in [3.05, 3.63) is 81.9 Å². The topological polar surface area (TPSA) is 72.2 Å². The lowest BCUT2D eigenvalue weighted by molar-refractivity contribution is -0.513. The molecule has 1 N–H and O–H groups in total. The molecule has 5 heteroatoms. The number of carbonyl (C=O) groups excluding carboxylic acids is 1. The maximum atomic E-state index is 12.0. The molecule has 0 radical (unpaired) electrons. The number of carbonyl (C=O) groups is 1. The van der Waals surface area contributed by atoms with Crippen LogP contribution >= 0.6 is 0 Å². The van der Waals surface area contributed by atoms with Crippen molar-refractivity contribution in [2.75, 3.05) is 0 Å². The zero-order valence-corrected chi connectivity index (χ0v) is 10.7. The Balaban J connectivity index is 2.07. The van der Waals surface area contributed by atoms with E-state index in [1.807, 2.05) is 30.3 Å². The first-order valence-corrected chi connectivity index (χ1v) is 6.18. The second-order valence-electron chi connectivity index (χ2n) is 4.30. The molecule has 1 atom stereocenters. The Hall–Kier alpha value is -2.69. The third kappa shape index (κ3) is 3.41. The van der Waals surface area contributed by atoms with Gasteiger partial charge in [-0.1, -0.05) is 60.7 Å². The van der Waals surface area contributed by atoms with Crippen LogP contribution in [0.15, 0.2) is 60.7 Å². The molecular weight excluding hydrogens is 256 g/mol. The minimum Gasteiger partial charge on any atom is -0.346 e. The van der Waals surface area contributed by atoms with Gasteiger partial charge in [0.25, 0.3) is 5.91 Å². The number of nitrogens with one attached hydrogen (secondary N) is 1. The first-order chi connectivity index (χ1) is 9.68. The fourth-order valence-electron chi connectivity index (χ4n) is 1.89. The van der Waals surface area contributed by atoms with E-state index in [4.69, 9.17) is 0 Å². The fourth-order valence-corrected chi connectivity index (χ4v) is 1.89. The van der Waals surface area contributed by atoms with E-state index < -0.39 is 16.9 Å². The molecule has 0 spiro atoms. The summed E-state index contributed by atoms with van der Waals surface area (Å²) in [4.78, 5) is 22.5. The SMILES string of the molecule is O=C(NCc1ccccc1)C(c1ccccc1)[N+](=O)[O-]. The Morgan fingerprint density at radius 3 is 2.15 bits per heavy atom. The highest BCUT2D eigenvalue weighted by Crippen LogP contribution is 2.16. The predicted octanol–water partition coefficient (Wildman–Crippen LogP) is 2.32. The molecule has 102 valence electrons. The molecule has 0 aromatic heterocycles. The van der Waals surface area contributed by atoms with Crippen molar-refractivity contribution in [3.63, 3.8) is 0 Å².